The number of halogens is 4. The van der Waals surface area contributed by atoms with Crippen molar-refractivity contribution in [1.82, 2.24) is 0 Å². The minimum Gasteiger partial charge on any atom is -0.496 e. The number of rotatable bonds is 2. The number of alkyl halides is 3. The summed E-state index contributed by atoms with van der Waals surface area (Å²) in [5.41, 5.74) is -2.25. The van der Waals surface area contributed by atoms with Crippen LogP contribution in [0.3, 0.4) is 0 Å². The minimum absolute atomic E-state index is 0.0855. The lowest BCUT2D eigenvalue weighted by Crippen LogP contribution is -2.16. The monoisotopic (exact) mass is 310 g/mol. The van der Waals surface area contributed by atoms with Gasteiger partial charge in [-0.25, -0.2) is 0 Å². The first-order chi connectivity index (χ1) is 7.78. The molecule has 1 saturated carbocycles. The molecule has 94 valence electrons. The van der Waals surface area contributed by atoms with E-state index in [0.717, 1.165) is 6.07 Å². The predicted molar refractivity (Wildman–Crippen MR) is 58.8 cm³/mol. The molecule has 0 radical (unpaired) electrons. The molecular formula is C11H10BrF3O2. The van der Waals surface area contributed by atoms with Gasteiger partial charge in [-0.3, -0.25) is 0 Å². The lowest BCUT2D eigenvalue weighted by molar-refractivity contribution is -0.139. The Morgan fingerprint density at radius 1 is 1.35 bits per heavy atom. The van der Waals surface area contributed by atoms with Crippen LogP contribution in [0, 0.1) is 0 Å². The van der Waals surface area contributed by atoms with Crippen molar-refractivity contribution in [1.29, 1.82) is 0 Å². The SMILES string of the molecule is COc1cc(C(F)(F)F)c(C2(O)CC2)cc1Br. The third-order valence-electron chi connectivity index (χ3n) is 2.82. The van der Waals surface area contributed by atoms with Gasteiger partial charge >= 0.3 is 6.18 Å². The van der Waals surface area contributed by atoms with Crippen molar-refractivity contribution in [2.24, 2.45) is 0 Å². The Balaban J connectivity index is 2.61. The summed E-state index contributed by atoms with van der Waals surface area (Å²) in [6.07, 6.45) is -3.79. The largest absolute Gasteiger partial charge is 0.496 e. The highest BCUT2D eigenvalue weighted by molar-refractivity contribution is 9.10. The van der Waals surface area contributed by atoms with Crippen LogP contribution in [0.15, 0.2) is 16.6 Å². The maximum absolute atomic E-state index is 12.9. The van der Waals surface area contributed by atoms with E-state index in [2.05, 4.69) is 15.9 Å². The molecule has 17 heavy (non-hydrogen) atoms. The molecular weight excluding hydrogens is 301 g/mol. The Kier molecular flexibility index (Phi) is 2.90. The first kappa shape index (κ1) is 12.7. The van der Waals surface area contributed by atoms with E-state index in [4.69, 9.17) is 4.74 Å². The smallest absolute Gasteiger partial charge is 0.416 e. The highest BCUT2D eigenvalue weighted by Gasteiger charge is 2.48. The van der Waals surface area contributed by atoms with Crippen LogP contribution in [0.2, 0.25) is 0 Å². The van der Waals surface area contributed by atoms with Crippen LogP contribution in [0.25, 0.3) is 0 Å². The van der Waals surface area contributed by atoms with E-state index in [-0.39, 0.29) is 11.3 Å². The average molecular weight is 311 g/mol. The van der Waals surface area contributed by atoms with Gasteiger partial charge in [-0.15, -0.1) is 0 Å². The molecule has 1 aliphatic rings. The van der Waals surface area contributed by atoms with Crippen molar-refractivity contribution in [2.45, 2.75) is 24.6 Å². The summed E-state index contributed by atoms with van der Waals surface area (Å²) in [4.78, 5) is 0. The number of hydrogen-bond donors (Lipinski definition) is 1. The van der Waals surface area contributed by atoms with Gasteiger partial charge in [0.25, 0.3) is 0 Å². The summed E-state index contributed by atoms with van der Waals surface area (Å²) in [7, 11) is 1.30. The van der Waals surface area contributed by atoms with E-state index >= 15 is 0 Å². The second-order valence-electron chi connectivity index (χ2n) is 4.06. The van der Waals surface area contributed by atoms with Gasteiger partial charge < -0.3 is 9.84 Å². The molecule has 0 amide bonds. The molecule has 0 aromatic heterocycles. The normalized spacial score (nSPS) is 18.0. The first-order valence-corrected chi connectivity index (χ1v) is 5.75. The molecule has 0 atom stereocenters. The van der Waals surface area contributed by atoms with Crippen LogP contribution in [0.1, 0.15) is 24.0 Å². The van der Waals surface area contributed by atoms with Gasteiger partial charge in [0.05, 0.1) is 22.7 Å². The number of ether oxygens (including phenoxy) is 1. The Hall–Kier alpha value is -0.750. The Bertz CT molecular complexity index is 453. The molecule has 0 saturated heterocycles. The van der Waals surface area contributed by atoms with E-state index in [1.165, 1.54) is 13.2 Å². The maximum Gasteiger partial charge on any atom is 0.416 e. The van der Waals surface area contributed by atoms with Gasteiger partial charge in [0.1, 0.15) is 5.75 Å². The van der Waals surface area contributed by atoms with Crippen LogP contribution in [0.4, 0.5) is 13.2 Å². The third kappa shape index (κ3) is 2.28. The zero-order valence-electron chi connectivity index (χ0n) is 8.94. The van der Waals surface area contributed by atoms with Crippen LogP contribution in [0.5, 0.6) is 5.75 Å². The Morgan fingerprint density at radius 3 is 2.35 bits per heavy atom. The fourth-order valence-electron chi connectivity index (χ4n) is 1.72. The molecule has 1 fully saturated rings. The van der Waals surface area contributed by atoms with E-state index < -0.39 is 17.3 Å². The van der Waals surface area contributed by atoms with E-state index in [1.807, 2.05) is 0 Å². The molecule has 0 heterocycles. The molecule has 1 aliphatic carbocycles. The van der Waals surface area contributed by atoms with Crippen molar-refractivity contribution >= 4 is 15.9 Å². The molecule has 2 rings (SSSR count). The molecule has 1 aromatic rings. The lowest BCUT2D eigenvalue weighted by atomic mass is 10.00. The summed E-state index contributed by atoms with van der Waals surface area (Å²) < 4.78 is 43.9. The summed E-state index contributed by atoms with van der Waals surface area (Å²) in [6, 6.07) is 2.20. The van der Waals surface area contributed by atoms with Crippen LogP contribution in [-0.2, 0) is 11.8 Å². The van der Waals surface area contributed by atoms with Crippen LogP contribution < -0.4 is 4.74 Å². The van der Waals surface area contributed by atoms with Crippen LogP contribution >= 0.6 is 15.9 Å². The molecule has 2 nitrogen and oxygen atoms in total. The summed E-state index contributed by atoms with van der Waals surface area (Å²) in [6.45, 7) is 0. The third-order valence-corrected chi connectivity index (χ3v) is 3.44. The highest BCUT2D eigenvalue weighted by atomic mass is 79.9. The minimum atomic E-state index is -4.50. The van der Waals surface area contributed by atoms with Crippen molar-refractivity contribution in [3.05, 3.63) is 27.7 Å². The van der Waals surface area contributed by atoms with E-state index in [1.54, 1.807) is 0 Å². The summed E-state index contributed by atoms with van der Waals surface area (Å²) in [5, 5.41) is 9.87. The van der Waals surface area contributed by atoms with Gasteiger partial charge in [-0.1, -0.05) is 0 Å². The standard InChI is InChI=1S/C11H10BrF3O2/c1-17-9-5-7(11(13,14)15)6(4-8(9)12)10(16)2-3-10/h4-5,16H,2-3H2,1H3. The molecule has 0 aliphatic heterocycles. The number of benzene rings is 1. The fraction of sp³-hybridized carbons (Fsp3) is 0.455. The highest BCUT2D eigenvalue weighted by Crippen LogP contribution is 2.51. The molecule has 1 N–H and O–H groups in total. The van der Waals surface area contributed by atoms with Gasteiger partial charge in [-0.05, 0) is 46.5 Å². The zero-order valence-corrected chi connectivity index (χ0v) is 10.5. The van der Waals surface area contributed by atoms with Crippen molar-refractivity contribution in [3.63, 3.8) is 0 Å². The second-order valence-corrected chi connectivity index (χ2v) is 4.92. The Labute approximate surface area is 105 Å². The summed E-state index contributed by atoms with van der Waals surface area (Å²) >= 11 is 3.12. The van der Waals surface area contributed by atoms with Crippen molar-refractivity contribution < 1.29 is 23.0 Å². The molecule has 0 spiro atoms. The topological polar surface area (TPSA) is 29.5 Å². The maximum atomic E-state index is 12.9. The van der Waals surface area contributed by atoms with Gasteiger partial charge in [0.2, 0.25) is 0 Å². The zero-order chi connectivity index (χ0) is 12.8. The van der Waals surface area contributed by atoms with Crippen molar-refractivity contribution in [3.8, 4) is 5.75 Å². The van der Waals surface area contributed by atoms with Crippen LogP contribution in [-0.4, -0.2) is 12.2 Å². The molecule has 6 heteroatoms. The summed E-state index contributed by atoms with van der Waals surface area (Å²) in [5.74, 6) is 0.102. The lowest BCUT2D eigenvalue weighted by Gasteiger charge is -2.18. The van der Waals surface area contributed by atoms with Gasteiger partial charge in [-0.2, -0.15) is 13.2 Å². The van der Waals surface area contributed by atoms with E-state index in [9.17, 15) is 18.3 Å². The number of hydrogen-bond acceptors (Lipinski definition) is 2. The molecule has 0 bridgehead atoms. The number of methoxy groups -OCH3 is 1. The predicted octanol–water partition coefficient (Wildman–Crippen LogP) is 3.46. The second kappa shape index (κ2) is 3.88. The number of aliphatic hydroxyl groups is 1. The quantitative estimate of drug-likeness (QED) is 0.906. The molecule has 0 unspecified atom stereocenters. The fourth-order valence-corrected chi connectivity index (χ4v) is 2.22. The Morgan fingerprint density at radius 2 is 1.94 bits per heavy atom. The first-order valence-electron chi connectivity index (χ1n) is 4.95. The average Bonchev–Trinajstić information content (AvgIpc) is 2.95. The molecule has 1 aromatic carbocycles. The van der Waals surface area contributed by atoms with Gasteiger partial charge in [0.15, 0.2) is 0 Å². The van der Waals surface area contributed by atoms with Gasteiger partial charge in [0, 0.05) is 0 Å². The van der Waals surface area contributed by atoms with E-state index in [0.29, 0.717) is 17.3 Å². The van der Waals surface area contributed by atoms with Crippen molar-refractivity contribution in [2.75, 3.05) is 7.11 Å².